The van der Waals surface area contributed by atoms with Crippen molar-refractivity contribution in [2.75, 3.05) is 39.0 Å². The maximum atomic E-state index is 11.9. The van der Waals surface area contributed by atoms with Crippen molar-refractivity contribution in [1.29, 1.82) is 0 Å². The highest BCUT2D eigenvalue weighted by molar-refractivity contribution is 5.86. The van der Waals surface area contributed by atoms with E-state index >= 15 is 0 Å². The topological polar surface area (TPSA) is 75.9 Å². The first kappa shape index (κ1) is 13.2. The van der Waals surface area contributed by atoms with Crippen LogP contribution in [-0.4, -0.2) is 54.9 Å². The van der Waals surface area contributed by atoms with E-state index in [1.165, 1.54) is 4.90 Å². The van der Waals surface area contributed by atoms with Crippen LogP contribution in [0, 0.1) is 0 Å². The molecule has 6 nitrogen and oxygen atoms in total. The fraction of sp³-hybridized carbons (Fsp3) is 0.385. The predicted octanol–water partition coefficient (Wildman–Crippen LogP) is -0.0518. The Labute approximate surface area is 111 Å². The van der Waals surface area contributed by atoms with Crippen LogP contribution in [-0.2, 0) is 9.59 Å². The number of hydrogen-bond donors (Lipinski definition) is 1. The fourth-order valence-electron chi connectivity index (χ4n) is 1.77. The Morgan fingerprint density at radius 1 is 1.32 bits per heavy atom. The smallest absolute Gasteiger partial charge is 0.261 e. The molecular formula is C13H17N3O3. The molecule has 1 saturated heterocycles. The number of ether oxygens (including phenoxy) is 1. The summed E-state index contributed by atoms with van der Waals surface area (Å²) in [6.07, 6.45) is 0. The summed E-state index contributed by atoms with van der Waals surface area (Å²) >= 11 is 0. The van der Waals surface area contributed by atoms with Crippen LogP contribution in [0.1, 0.15) is 0 Å². The van der Waals surface area contributed by atoms with Crippen LogP contribution in [0.15, 0.2) is 24.3 Å². The van der Waals surface area contributed by atoms with Crippen LogP contribution in [0.4, 0.5) is 5.69 Å². The van der Waals surface area contributed by atoms with Crippen LogP contribution < -0.4 is 10.5 Å². The first-order chi connectivity index (χ1) is 9.06. The zero-order valence-corrected chi connectivity index (χ0v) is 10.8. The molecular weight excluding hydrogens is 246 g/mol. The van der Waals surface area contributed by atoms with E-state index in [2.05, 4.69) is 0 Å². The molecule has 1 heterocycles. The number of carbonyl (C=O) groups is 2. The average Bonchev–Trinajstić information content (AvgIpc) is 2.41. The molecule has 1 fully saturated rings. The third kappa shape index (κ3) is 3.37. The number of nitrogens with two attached hydrogens (primary N) is 1. The number of nitrogens with zero attached hydrogens (tertiary/aromatic N) is 2. The van der Waals surface area contributed by atoms with Crippen molar-refractivity contribution in [2.45, 2.75) is 0 Å². The molecule has 0 aromatic heterocycles. The Morgan fingerprint density at radius 3 is 2.63 bits per heavy atom. The van der Waals surface area contributed by atoms with Crippen molar-refractivity contribution in [2.24, 2.45) is 0 Å². The van der Waals surface area contributed by atoms with Gasteiger partial charge in [-0.2, -0.15) is 0 Å². The number of amides is 2. The van der Waals surface area contributed by atoms with Crippen molar-refractivity contribution < 1.29 is 14.3 Å². The summed E-state index contributed by atoms with van der Waals surface area (Å²) in [6.45, 7) is 1.17. The van der Waals surface area contributed by atoms with E-state index in [0.717, 1.165) is 0 Å². The average molecular weight is 263 g/mol. The number of likely N-dealkylation sites (N-methyl/N-ethyl adjacent to an activating group) is 1. The quantitative estimate of drug-likeness (QED) is 0.776. The summed E-state index contributed by atoms with van der Waals surface area (Å²) in [5, 5.41) is 0. The van der Waals surface area contributed by atoms with Crippen molar-refractivity contribution in [1.82, 2.24) is 9.80 Å². The first-order valence-electron chi connectivity index (χ1n) is 6.06. The largest absolute Gasteiger partial charge is 0.484 e. The second-order valence-electron chi connectivity index (χ2n) is 4.49. The summed E-state index contributed by atoms with van der Waals surface area (Å²) in [4.78, 5) is 26.5. The Kier molecular flexibility index (Phi) is 3.89. The van der Waals surface area contributed by atoms with Crippen LogP contribution in [0.2, 0.25) is 0 Å². The predicted molar refractivity (Wildman–Crippen MR) is 70.6 cm³/mol. The summed E-state index contributed by atoms with van der Waals surface area (Å²) in [7, 11) is 1.73. The van der Waals surface area contributed by atoms with Crippen LogP contribution >= 0.6 is 0 Å². The molecule has 0 saturated carbocycles. The first-order valence-corrected chi connectivity index (χ1v) is 6.06. The highest BCUT2D eigenvalue weighted by atomic mass is 16.5. The third-order valence-electron chi connectivity index (χ3n) is 3.05. The molecule has 0 radical (unpaired) electrons. The summed E-state index contributed by atoms with van der Waals surface area (Å²) < 4.78 is 5.37. The van der Waals surface area contributed by atoms with E-state index in [1.807, 2.05) is 0 Å². The molecule has 0 aliphatic carbocycles. The van der Waals surface area contributed by atoms with Gasteiger partial charge in [-0.05, 0) is 24.3 Å². The van der Waals surface area contributed by atoms with Gasteiger partial charge in [0, 0.05) is 25.8 Å². The number of hydrogen-bond acceptors (Lipinski definition) is 4. The van der Waals surface area contributed by atoms with Gasteiger partial charge in [0.2, 0.25) is 5.91 Å². The molecule has 2 N–H and O–H groups in total. The number of nitrogen functional groups attached to an aromatic ring is 1. The van der Waals surface area contributed by atoms with Gasteiger partial charge in [-0.1, -0.05) is 0 Å². The monoisotopic (exact) mass is 263 g/mol. The molecule has 0 atom stereocenters. The zero-order chi connectivity index (χ0) is 13.8. The maximum Gasteiger partial charge on any atom is 0.261 e. The molecule has 1 aliphatic heterocycles. The Hall–Kier alpha value is -2.24. The zero-order valence-electron chi connectivity index (χ0n) is 10.8. The van der Waals surface area contributed by atoms with Gasteiger partial charge in [-0.15, -0.1) is 0 Å². The minimum absolute atomic E-state index is 0.0490. The molecule has 6 heteroatoms. The fourth-order valence-corrected chi connectivity index (χ4v) is 1.77. The molecule has 1 aromatic carbocycles. The van der Waals surface area contributed by atoms with Crippen molar-refractivity contribution in [3.05, 3.63) is 24.3 Å². The standard InChI is InChI=1S/C13H17N3O3/c1-15-6-7-16(8-12(15)17)13(18)9-19-11-4-2-10(14)3-5-11/h2-5H,6-9,14H2,1H3. The van der Waals surface area contributed by atoms with Crippen molar-refractivity contribution >= 4 is 17.5 Å². The second kappa shape index (κ2) is 5.60. The van der Waals surface area contributed by atoms with E-state index in [-0.39, 0.29) is 25.0 Å². The molecule has 0 unspecified atom stereocenters. The van der Waals surface area contributed by atoms with Gasteiger partial charge in [0.1, 0.15) is 5.75 Å². The lowest BCUT2D eigenvalue weighted by molar-refractivity contribution is -0.145. The lowest BCUT2D eigenvalue weighted by Gasteiger charge is -2.31. The lowest BCUT2D eigenvalue weighted by Crippen LogP contribution is -2.51. The van der Waals surface area contributed by atoms with E-state index in [4.69, 9.17) is 10.5 Å². The van der Waals surface area contributed by atoms with Gasteiger partial charge >= 0.3 is 0 Å². The summed E-state index contributed by atoms with van der Waals surface area (Å²) in [5.74, 6) is 0.355. The molecule has 1 aromatic rings. The van der Waals surface area contributed by atoms with Gasteiger partial charge in [0.15, 0.2) is 6.61 Å². The van der Waals surface area contributed by atoms with Crippen LogP contribution in [0.5, 0.6) is 5.75 Å². The van der Waals surface area contributed by atoms with Gasteiger partial charge in [0.05, 0.1) is 6.54 Å². The normalized spacial score (nSPS) is 15.5. The molecule has 1 aliphatic rings. The second-order valence-corrected chi connectivity index (χ2v) is 4.49. The van der Waals surface area contributed by atoms with Gasteiger partial charge in [0.25, 0.3) is 5.91 Å². The number of benzene rings is 1. The van der Waals surface area contributed by atoms with E-state index in [1.54, 1.807) is 36.2 Å². The Balaban J connectivity index is 1.84. The summed E-state index contributed by atoms with van der Waals surface area (Å²) in [5.41, 5.74) is 6.20. The SMILES string of the molecule is CN1CCN(C(=O)COc2ccc(N)cc2)CC1=O. The lowest BCUT2D eigenvalue weighted by atomic mass is 10.3. The Bertz CT molecular complexity index is 473. The van der Waals surface area contributed by atoms with Crippen molar-refractivity contribution in [3.8, 4) is 5.75 Å². The van der Waals surface area contributed by atoms with Gasteiger partial charge in [-0.3, -0.25) is 9.59 Å². The highest BCUT2D eigenvalue weighted by Crippen LogP contribution is 2.13. The van der Waals surface area contributed by atoms with E-state index in [0.29, 0.717) is 24.5 Å². The van der Waals surface area contributed by atoms with E-state index in [9.17, 15) is 9.59 Å². The Morgan fingerprint density at radius 2 is 2.00 bits per heavy atom. The number of anilines is 1. The summed E-state index contributed by atoms with van der Waals surface area (Å²) in [6, 6.07) is 6.83. The molecule has 2 amide bonds. The van der Waals surface area contributed by atoms with Gasteiger partial charge < -0.3 is 20.3 Å². The van der Waals surface area contributed by atoms with E-state index < -0.39 is 0 Å². The molecule has 2 rings (SSSR count). The minimum atomic E-state index is -0.182. The molecule has 0 spiro atoms. The third-order valence-corrected chi connectivity index (χ3v) is 3.05. The molecule has 0 bridgehead atoms. The number of rotatable bonds is 3. The molecule has 102 valence electrons. The van der Waals surface area contributed by atoms with Crippen LogP contribution in [0.3, 0.4) is 0 Å². The maximum absolute atomic E-state index is 11.9. The van der Waals surface area contributed by atoms with Gasteiger partial charge in [-0.25, -0.2) is 0 Å². The number of carbonyl (C=O) groups excluding carboxylic acids is 2. The van der Waals surface area contributed by atoms with Crippen molar-refractivity contribution in [3.63, 3.8) is 0 Å². The highest BCUT2D eigenvalue weighted by Gasteiger charge is 2.24. The van der Waals surface area contributed by atoms with Crippen LogP contribution in [0.25, 0.3) is 0 Å². The number of piperazine rings is 1. The minimum Gasteiger partial charge on any atom is -0.484 e. The molecule has 19 heavy (non-hydrogen) atoms.